The van der Waals surface area contributed by atoms with Crippen LogP contribution in [0.3, 0.4) is 0 Å². The molecule has 1 fully saturated rings. The Kier molecular flexibility index (Phi) is 3.43. The molecule has 2 heterocycles. The number of nitrogens with zero attached hydrogens (tertiary/aromatic N) is 2. The van der Waals surface area contributed by atoms with Gasteiger partial charge in [0.15, 0.2) is 0 Å². The average Bonchev–Trinajstić information content (AvgIpc) is 2.30. The first-order valence-electron chi connectivity index (χ1n) is 5.19. The summed E-state index contributed by atoms with van der Waals surface area (Å²) in [5, 5.41) is 12.0. The Labute approximate surface area is 91.9 Å². The minimum atomic E-state index is -1.01. The van der Waals surface area contributed by atoms with Crippen LogP contribution in [0.15, 0.2) is 17.2 Å². The first kappa shape index (κ1) is 10.7. The second kappa shape index (κ2) is 4.81. The van der Waals surface area contributed by atoms with Gasteiger partial charge in [-0.1, -0.05) is 0 Å². The fourth-order valence-corrected chi connectivity index (χ4v) is 2.98. The number of hydrogen-bond acceptors (Lipinski definition) is 4. The maximum absolute atomic E-state index is 12.1. The van der Waals surface area contributed by atoms with Crippen molar-refractivity contribution >= 4 is 10.8 Å². The van der Waals surface area contributed by atoms with E-state index in [1.807, 2.05) is 19.1 Å². The maximum atomic E-state index is 12.1. The molecule has 4 nitrogen and oxygen atoms in total. The number of aryl methyl sites for hydroxylation is 1. The van der Waals surface area contributed by atoms with Crippen molar-refractivity contribution in [2.75, 3.05) is 13.1 Å². The van der Waals surface area contributed by atoms with E-state index in [-0.39, 0.29) is 5.25 Å². The Hall–Kier alpha value is -0.810. The molecule has 5 heteroatoms. The first-order valence-corrected chi connectivity index (χ1v) is 6.40. The Balaban J connectivity index is 2.09. The monoisotopic (exact) mass is 225 g/mol. The molecule has 1 aromatic heterocycles. The lowest BCUT2D eigenvalue weighted by Gasteiger charge is -2.21. The molecule has 2 atom stereocenters. The van der Waals surface area contributed by atoms with Gasteiger partial charge in [-0.3, -0.25) is 4.21 Å². The van der Waals surface area contributed by atoms with Crippen molar-refractivity contribution in [3.05, 3.63) is 17.8 Å². The molecule has 0 aliphatic carbocycles. The summed E-state index contributed by atoms with van der Waals surface area (Å²) in [6, 6.07) is 3.67. The molecule has 1 saturated heterocycles. The van der Waals surface area contributed by atoms with Crippen molar-refractivity contribution in [1.82, 2.24) is 15.5 Å². The zero-order valence-corrected chi connectivity index (χ0v) is 9.59. The zero-order valence-electron chi connectivity index (χ0n) is 8.77. The van der Waals surface area contributed by atoms with Gasteiger partial charge >= 0.3 is 0 Å². The summed E-state index contributed by atoms with van der Waals surface area (Å²) in [5.41, 5.74) is 0.859. The van der Waals surface area contributed by atoms with E-state index in [9.17, 15) is 4.21 Å². The minimum Gasteiger partial charge on any atom is -0.316 e. The summed E-state index contributed by atoms with van der Waals surface area (Å²) in [6.07, 6.45) is 2.10. The molecule has 0 amide bonds. The fourth-order valence-electron chi connectivity index (χ4n) is 1.67. The van der Waals surface area contributed by atoms with E-state index in [2.05, 4.69) is 15.5 Å². The molecule has 0 saturated carbocycles. The van der Waals surface area contributed by atoms with Crippen LogP contribution < -0.4 is 5.32 Å². The zero-order chi connectivity index (χ0) is 10.7. The predicted molar refractivity (Wildman–Crippen MR) is 59.1 cm³/mol. The second-order valence-corrected chi connectivity index (χ2v) is 5.46. The quantitative estimate of drug-likeness (QED) is 0.802. The Bertz CT molecular complexity index is 346. The topological polar surface area (TPSA) is 54.9 Å². The van der Waals surface area contributed by atoms with Crippen molar-refractivity contribution < 1.29 is 4.21 Å². The number of hydrogen-bond donors (Lipinski definition) is 1. The van der Waals surface area contributed by atoms with Crippen LogP contribution in [0.4, 0.5) is 0 Å². The van der Waals surface area contributed by atoms with Gasteiger partial charge < -0.3 is 5.32 Å². The third kappa shape index (κ3) is 2.60. The number of aromatic nitrogens is 2. The van der Waals surface area contributed by atoms with Crippen LogP contribution in [0.25, 0.3) is 0 Å². The number of nitrogens with one attached hydrogen (secondary N) is 1. The van der Waals surface area contributed by atoms with Crippen LogP contribution in [-0.2, 0) is 10.8 Å². The Morgan fingerprint density at radius 3 is 2.93 bits per heavy atom. The summed E-state index contributed by atoms with van der Waals surface area (Å²) in [4.78, 5) is 0. The fraction of sp³-hybridized carbons (Fsp3) is 0.600. The van der Waals surface area contributed by atoms with Gasteiger partial charge in [-0.05, 0) is 38.4 Å². The largest absolute Gasteiger partial charge is 0.316 e. The van der Waals surface area contributed by atoms with E-state index in [1.165, 1.54) is 0 Å². The van der Waals surface area contributed by atoms with Gasteiger partial charge in [0, 0.05) is 6.54 Å². The van der Waals surface area contributed by atoms with E-state index in [4.69, 9.17) is 0 Å². The summed E-state index contributed by atoms with van der Waals surface area (Å²) in [5.74, 6) is 0. The smallest absolute Gasteiger partial charge is 0.150 e. The normalized spacial score (nSPS) is 23.7. The first-order chi connectivity index (χ1) is 7.27. The van der Waals surface area contributed by atoms with Gasteiger partial charge in [0.25, 0.3) is 0 Å². The van der Waals surface area contributed by atoms with Gasteiger partial charge in [-0.25, -0.2) is 0 Å². The van der Waals surface area contributed by atoms with E-state index in [1.54, 1.807) is 0 Å². The predicted octanol–water partition coefficient (Wildman–Crippen LogP) is 0.645. The summed E-state index contributed by atoms with van der Waals surface area (Å²) in [6.45, 7) is 3.73. The van der Waals surface area contributed by atoms with Crippen LogP contribution in [0.1, 0.15) is 18.5 Å². The molecule has 2 rings (SSSR count). The Morgan fingerprint density at radius 2 is 2.33 bits per heavy atom. The highest BCUT2D eigenvalue weighted by molar-refractivity contribution is 7.85. The molecule has 1 aliphatic rings. The summed E-state index contributed by atoms with van der Waals surface area (Å²) >= 11 is 0. The van der Waals surface area contributed by atoms with Crippen LogP contribution >= 0.6 is 0 Å². The SMILES string of the molecule is Cc1ccc([S@](=O)[C@@H]2CCCNC2)nn1. The Morgan fingerprint density at radius 1 is 1.47 bits per heavy atom. The molecule has 1 N–H and O–H groups in total. The molecule has 1 aliphatic heterocycles. The van der Waals surface area contributed by atoms with E-state index in [0.717, 1.165) is 31.6 Å². The van der Waals surface area contributed by atoms with E-state index >= 15 is 0 Å². The highest BCUT2D eigenvalue weighted by Gasteiger charge is 2.21. The second-order valence-electron chi connectivity index (χ2n) is 3.78. The summed E-state index contributed by atoms with van der Waals surface area (Å²) in [7, 11) is -1.01. The van der Waals surface area contributed by atoms with Gasteiger partial charge in [0.2, 0.25) is 0 Å². The standard InChI is InChI=1S/C10H15N3OS/c1-8-4-5-10(13-12-8)15(14)9-3-2-6-11-7-9/h4-5,9,11H,2-3,6-7H2,1H3/t9-,15-/m1/s1. The average molecular weight is 225 g/mol. The molecule has 82 valence electrons. The van der Waals surface area contributed by atoms with E-state index in [0.29, 0.717) is 5.03 Å². The van der Waals surface area contributed by atoms with Crippen LogP contribution in [0.5, 0.6) is 0 Å². The molecular weight excluding hydrogens is 210 g/mol. The minimum absolute atomic E-state index is 0.191. The number of rotatable bonds is 2. The van der Waals surface area contributed by atoms with Crippen LogP contribution in [0.2, 0.25) is 0 Å². The van der Waals surface area contributed by atoms with Crippen molar-refractivity contribution in [2.24, 2.45) is 0 Å². The van der Waals surface area contributed by atoms with Crippen LogP contribution in [0, 0.1) is 6.92 Å². The van der Waals surface area contributed by atoms with Gasteiger partial charge in [0.1, 0.15) is 5.03 Å². The lowest BCUT2D eigenvalue weighted by atomic mass is 10.2. The highest BCUT2D eigenvalue weighted by atomic mass is 32.2. The lowest BCUT2D eigenvalue weighted by molar-refractivity contribution is 0.518. The third-order valence-corrected chi connectivity index (χ3v) is 4.17. The van der Waals surface area contributed by atoms with Crippen molar-refractivity contribution in [1.29, 1.82) is 0 Å². The molecule has 0 bridgehead atoms. The lowest BCUT2D eigenvalue weighted by Crippen LogP contribution is -2.36. The van der Waals surface area contributed by atoms with Gasteiger partial charge in [0.05, 0.1) is 21.7 Å². The molecular formula is C10H15N3OS. The molecule has 0 aromatic carbocycles. The number of piperidine rings is 1. The molecule has 0 spiro atoms. The van der Waals surface area contributed by atoms with Gasteiger partial charge in [-0.2, -0.15) is 5.10 Å². The molecule has 15 heavy (non-hydrogen) atoms. The van der Waals surface area contributed by atoms with Crippen molar-refractivity contribution in [2.45, 2.75) is 30.0 Å². The molecule has 0 unspecified atom stereocenters. The van der Waals surface area contributed by atoms with Crippen molar-refractivity contribution in [3.63, 3.8) is 0 Å². The summed E-state index contributed by atoms with van der Waals surface area (Å²) < 4.78 is 12.1. The molecule has 0 radical (unpaired) electrons. The van der Waals surface area contributed by atoms with E-state index < -0.39 is 10.8 Å². The maximum Gasteiger partial charge on any atom is 0.150 e. The van der Waals surface area contributed by atoms with Crippen LogP contribution in [-0.4, -0.2) is 32.7 Å². The highest BCUT2D eigenvalue weighted by Crippen LogP contribution is 2.14. The third-order valence-electron chi connectivity index (χ3n) is 2.53. The van der Waals surface area contributed by atoms with Gasteiger partial charge in [-0.15, -0.1) is 5.10 Å². The van der Waals surface area contributed by atoms with Crippen molar-refractivity contribution in [3.8, 4) is 0 Å². The molecule has 1 aromatic rings.